The highest BCUT2D eigenvalue weighted by atomic mass is 16.3. The van der Waals surface area contributed by atoms with Crippen LogP contribution in [0.2, 0.25) is 0 Å². The fourth-order valence-electron chi connectivity index (χ4n) is 2.15. The van der Waals surface area contributed by atoms with Crippen LogP contribution in [0.15, 0.2) is 54.6 Å². The summed E-state index contributed by atoms with van der Waals surface area (Å²) in [7, 11) is 0. The van der Waals surface area contributed by atoms with Gasteiger partial charge in [0.05, 0.1) is 13.2 Å². The molecule has 2 N–H and O–H groups in total. The summed E-state index contributed by atoms with van der Waals surface area (Å²) in [6, 6.07) is 17.1. The molecule has 1 amide bonds. The first kappa shape index (κ1) is 15.1. The van der Waals surface area contributed by atoms with Crippen LogP contribution in [0, 0.1) is 0 Å². The lowest BCUT2D eigenvalue weighted by Crippen LogP contribution is -2.33. The molecule has 0 heterocycles. The third-order valence-corrected chi connectivity index (χ3v) is 3.23. The molecule has 0 aliphatic heterocycles. The average Bonchev–Trinajstić information content (AvgIpc) is 2.53. The van der Waals surface area contributed by atoms with E-state index in [4.69, 9.17) is 5.11 Å². The van der Waals surface area contributed by atoms with E-state index in [9.17, 15) is 4.79 Å². The predicted molar refractivity (Wildman–Crippen MR) is 85.3 cm³/mol. The Morgan fingerprint density at radius 3 is 2.57 bits per heavy atom. The largest absolute Gasteiger partial charge is 0.392 e. The van der Waals surface area contributed by atoms with E-state index in [1.807, 2.05) is 60.4 Å². The second kappa shape index (κ2) is 7.45. The molecule has 0 radical (unpaired) electrons. The van der Waals surface area contributed by atoms with E-state index < -0.39 is 0 Å². The van der Waals surface area contributed by atoms with Crippen LogP contribution in [0.5, 0.6) is 0 Å². The number of hydrogen-bond acceptors (Lipinski definition) is 3. The minimum atomic E-state index is -0.0733. The number of benzene rings is 2. The van der Waals surface area contributed by atoms with Gasteiger partial charge in [0.1, 0.15) is 0 Å². The van der Waals surface area contributed by atoms with Crippen LogP contribution in [0.1, 0.15) is 12.5 Å². The van der Waals surface area contributed by atoms with Crippen LogP contribution in [0.4, 0.5) is 11.4 Å². The van der Waals surface area contributed by atoms with Crippen molar-refractivity contribution in [3.8, 4) is 0 Å². The van der Waals surface area contributed by atoms with Crippen LogP contribution < -0.4 is 10.2 Å². The van der Waals surface area contributed by atoms with E-state index in [2.05, 4.69) is 5.32 Å². The molecule has 2 aromatic carbocycles. The molecule has 0 aliphatic rings. The molecule has 0 aliphatic carbocycles. The lowest BCUT2D eigenvalue weighted by Gasteiger charge is -2.22. The maximum atomic E-state index is 12.1. The molecule has 21 heavy (non-hydrogen) atoms. The molecule has 0 saturated carbocycles. The van der Waals surface area contributed by atoms with Crippen molar-refractivity contribution in [1.29, 1.82) is 0 Å². The molecule has 0 aromatic heterocycles. The number of nitrogens with one attached hydrogen (secondary N) is 1. The highest BCUT2D eigenvalue weighted by molar-refractivity contribution is 5.94. The van der Waals surface area contributed by atoms with Gasteiger partial charge in [-0.2, -0.15) is 0 Å². The molecule has 0 fully saturated rings. The molecular formula is C17H20N2O2. The number of carbonyl (C=O) groups excluding carboxylic acids is 1. The van der Waals surface area contributed by atoms with Gasteiger partial charge in [0.2, 0.25) is 5.91 Å². The second-order valence-corrected chi connectivity index (χ2v) is 4.76. The Morgan fingerprint density at radius 1 is 1.14 bits per heavy atom. The first-order valence-electron chi connectivity index (χ1n) is 7.02. The summed E-state index contributed by atoms with van der Waals surface area (Å²) < 4.78 is 0. The fraction of sp³-hybridized carbons (Fsp3) is 0.235. The number of aliphatic hydroxyl groups is 1. The van der Waals surface area contributed by atoms with Crippen LogP contribution in [-0.4, -0.2) is 24.1 Å². The van der Waals surface area contributed by atoms with Crippen LogP contribution in [-0.2, 0) is 11.4 Å². The Balaban J connectivity index is 2.00. The topological polar surface area (TPSA) is 52.6 Å². The lowest BCUT2D eigenvalue weighted by molar-refractivity contribution is -0.115. The zero-order chi connectivity index (χ0) is 15.1. The number of anilines is 2. The minimum absolute atomic E-state index is 0.0329. The first-order chi connectivity index (χ1) is 10.2. The number of amides is 1. The van der Waals surface area contributed by atoms with Crippen LogP contribution in [0.25, 0.3) is 0 Å². The summed E-state index contributed by atoms with van der Waals surface area (Å²) in [6.45, 7) is 3.04. The quantitative estimate of drug-likeness (QED) is 0.857. The molecule has 0 spiro atoms. The van der Waals surface area contributed by atoms with Crippen molar-refractivity contribution < 1.29 is 9.90 Å². The van der Waals surface area contributed by atoms with Gasteiger partial charge in [0.25, 0.3) is 0 Å². The van der Waals surface area contributed by atoms with E-state index >= 15 is 0 Å². The van der Waals surface area contributed by atoms with Crippen LogP contribution >= 0.6 is 0 Å². The third kappa shape index (κ3) is 4.33. The highest BCUT2D eigenvalue weighted by Crippen LogP contribution is 2.14. The number of para-hydroxylation sites is 1. The van der Waals surface area contributed by atoms with Gasteiger partial charge < -0.3 is 15.3 Å². The summed E-state index contributed by atoms with van der Waals surface area (Å²) in [5, 5.41) is 12.0. The minimum Gasteiger partial charge on any atom is -0.392 e. The van der Waals surface area contributed by atoms with E-state index in [1.54, 1.807) is 6.07 Å². The number of carbonyl (C=O) groups is 1. The Labute approximate surface area is 125 Å². The van der Waals surface area contributed by atoms with E-state index in [-0.39, 0.29) is 12.5 Å². The Morgan fingerprint density at radius 2 is 1.90 bits per heavy atom. The zero-order valence-corrected chi connectivity index (χ0v) is 12.1. The summed E-state index contributed by atoms with van der Waals surface area (Å²) in [4.78, 5) is 14.1. The standard InChI is InChI=1S/C17H20N2O2/c1-2-19(16-9-4-3-5-10-16)12-17(21)18-15-8-6-7-14(11-15)13-20/h3-11,20H,2,12-13H2,1H3,(H,18,21). The molecule has 4 heteroatoms. The number of nitrogens with zero attached hydrogens (tertiary/aromatic N) is 1. The van der Waals surface area contributed by atoms with Gasteiger partial charge in [-0.15, -0.1) is 0 Å². The molecule has 4 nitrogen and oxygen atoms in total. The molecule has 110 valence electrons. The van der Waals surface area contributed by atoms with Gasteiger partial charge in [0.15, 0.2) is 0 Å². The van der Waals surface area contributed by atoms with E-state index in [0.717, 1.165) is 17.8 Å². The van der Waals surface area contributed by atoms with Crippen molar-refractivity contribution in [3.63, 3.8) is 0 Å². The number of likely N-dealkylation sites (N-methyl/N-ethyl adjacent to an activating group) is 1. The summed E-state index contributed by atoms with van der Waals surface area (Å²) in [5.74, 6) is -0.0733. The van der Waals surface area contributed by atoms with Gasteiger partial charge in [-0.05, 0) is 36.8 Å². The van der Waals surface area contributed by atoms with Gasteiger partial charge in [-0.1, -0.05) is 30.3 Å². The van der Waals surface area contributed by atoms with Crippen molar-refractivity contribution in [2.45, 2.75) is 13.5 Å². The first-order valence-corrected chi connectivity index (χ1v) is 7.02. The lowest BCUT2D eigenvalue weighted by atomic mass is 10.2. The summed E-state index contributed by atoms with van der Waals surface area (Å²) in [6.07, 6.45) is 0. The van der Waals surface area contributed by atoms with Crippen molar-refractivity contribution in [3.05, 3.63) is 60.2 Å². The monoisotopic (exact) mass is 284 g/mol. The number of hydrogen-bond donors (Lipinski definition) is 2. The van der Waals surface area contributed by atoms with Crippen molar-refractivity contribution in [1.82, 2.24) is 0 Å². The van der Waals surface area contributed by atoms with Gasteiger partial charge in [-0.25, -0.2) is 0 Å². The van der Waals surface area contributed by atoms with Crippen molar-refractivity contribution in [2.24, 2.45) is 0 Å². The predicted octanol–water partition coefficient (Wildman–Crippen LogP) is 2.64. The Kier molecular flexibility index (Phi) is 5.35. The zero-order valence-electron chi connectivity index (χ0n) is 12.1. The van der Waals surface area contributed by atoms with Crippen molar-refractivity contribution >= 4 is 17.3 Å². The summed E-state index contributed by atoms with van der Waals surface area (Å²) in [5.41, 5.74) is 2.51. The Bertz CT molecular complexity index is 584. The molecule has 2 aromatic rings. The fourth-order valence-corrected chi connectivity index (χ4v) is 2.15. The molecular weight excluding hydrogens is 264 g/mol. The number of aliphatic hydroxyl groups excluding tert-OH is 1. The smallest absolute Gasteiger partial charge is 0.243 e. The van der Waals surface area contributed by atoms with Gasteiger partial charge >= 0.3 is 0 Å². The number of rotatable bonds is 6. The maximum absolute atomic E-state index is 12.1. The second-order valence-electron chi connectivity index (χ2n) is 4.76. The SMILES string of the molecule is CCN(CC(=O)Nc1cccc(CO)c1)c1ccccc1. The highest BCUT2D eigenvalue weighted by Gasteiger charge is 2.10. The van der Waals surface area contributed by atoms with E-state index in [0.29, 0.717) is 12.2 Å². The molecule has 0 saturated heterocycles. The normalized spacial score (nSPS) is 10.2. The molecule has 0 atom stereocenters. The molecule has 2 rings (SSSR count). The molecule has 0 bridgehead atoms. The third-order valence-electron chi connectivity index (χ3n) is 3.23. The Hall–Kier alpha value is -2.33. The van der Waals surface area contributed by atoms with Gasteiger partial charge in [-0.3, -0.25) is 4.79 Å². The summed E-state index contributed by atoms with van der Waals surface area (Å²) >= 11 is 0. The van der Waals surface area contributed by atoms with Gasteiger partial charge in [0, 0.05) is 17.9 Å². The van der Waals surface area contributed by atoms with E-state index in [1.165, 1.54) is 0 Å². The average molecular weight is 284 g/mol. The molecule has 0 unspecified atom stereocenters. The maximum Gasteiger partial charge on any atom is 0.243 e. The van der Waals surface area contributed by atoms with Crippen molar-refractivity contribution in [2.75, 3.05) is 23.3 Å². The van der Waals surface area contributed by atoms with Crippen LogP contribution in [0.3, 0.4) is 0 Å².